The third-order valence-corrected chi connectivity index (χ3v) is 9.97. The molecule has 4 rings (SSSR count). The van der Waals surface area contributed by atoms with Gasteiger partial charge in [-0.2, -0.15) is 9.30 Å². The molecule has 11 heteroatoms. The highest BCUT2D eigenvalue weighted by Gasteiger charge is 2.23. The average molecular weight is 570 g/mol. The van der Waals surface area contributed by atoms with Crippen LogP contribution in [0.3, 0.4) is 0 Å². The molecule has 1 aromatic heterocycles. The number of thiazole rings is 1. The molecule has 0 aliphatic carbocycles. The van der Waals surface area contributed by atoms with Crippen LogP contribution in [0.4, 0.5) is 0 Å². The van der Waals surface area contributed by atoms with Gasteiger partial charge in [-0.3, -0.25) is 4.79 Å². The second kappa shape index (κ2) is 11.2. The fourth-order valence-corrected chi connectivity index (χ4v) is 7.13. The fraction of sp³-hybridized carbons (Fsp3) is 0.185. The third kappa shape index (κ3) is 5.86. The number of fused-ring (bicyclic) bond motifs is 1. The van der Waals surface area contributed by atoms with Crippen molar-refractivity contribution in [3.63, 3.8) is 0 Å². The number of carbonyl (C=O) groups excluding carboxylic acids is 1. The minimum atomic E-state index is -3.77. The molecule has 0 saturated carbocycles. The average Bonchev–Trinajstić information content (AvgIpc) is 3.23. The lowest BCUT2D eigenvalue weighted by Gasteiger charge is -2.20. The summed E-state index contributed by atoms with van der Waals surface area (Å²) in [6.07, 6.45) is 2.80. The molecule has 0 spiro atoms. The number of hydrogen-bond donors (Lipinski definition) is 0. The molecule has 1 heterocycles. The molecule has 38 heavy (non-hydrogen) atoms. The highest BCUT2D eigenvalue weighted by molar-refractivity contribution is 7.90. The molecule has 0 fully saturated rings. The second-order valence-corrected chi connectivity index (χ2v) is 13.5. The molecule has 0 radical (unpaired) electrons. The number of amides is 1. The number of rotatable bonds is 9. The number of sulfonamides is 1. The Kier molecular flexibility index (Phi) is 8.12. The summed E-state index contributed by atoms with van der Waals surface area (Å²) < 4.78 is 54.2. The van der Waals surface area contributed by atoms with Crippen LogP contribution >= 0.6 is 11.3 Å². The number of aromatic nitrogens is 1. The molecule has 0 unspecified atom stereocenters. The molecular weight excluding hydrogens is 543 g/mol. The van der Waals surface area contributed by atoms with E-state index in [9.17, 15) is 21.6 Å². The summed E-state index contributed by atoms with van der Waals surface area (Å²) in [5.74, 6) is -0.543. The van der Waals surface area contributed by atoms with Gasteiger partial charge in [0.05, 0.1) is 20.0 Å². The van der Waals surface area contributed by atoms with Crippen molar-refractivity contribution in [1.29, 1.82) is 0 Å². The molecule has 8 nitrogen and oxygen atoms in total. The molecular formula is C27H27N3O5S3. The maximum Gasteiger partial charge on any atom is 0.279 e. The summed E-state index contributed by atoms with van der Waals surface area (Å²) in [4.78, 5) is 17.9. The van der Waals surface area contributed by atoms with Crippen molar-refractivity contribution < 1.29 is 21.6 Å². The Labute approximate surface area is 226 Å². The lowest BCUT2D eigenvalue weighted by molar-refractivity contribution is 0.0997. The lowest BCUT2D eigenvalue weighted by Crippen LogP contribution is -2.30. The minimum Gasteiger partial charge on any atom is -0.312 e. The van der Waals surface area contributed by atoms with Crippen molar-refractivity contribution in [2.75, 3.05) is 12.8 Å². The van der Waals surface area contributed by atoms with E-state index >= 15 is 0 Å². The molecule has 1 amide bonds. The van der Waals surface area contributed by atoms with E-state index in [0.717, 1.165) is 17.3 Å². The zero-order chi connectivity index (χ0) is 27.5. The van der Waals surface area contributed by atoms with E-state index in [1.165, 1.54) is 46.0 Å². The number of benzene rings is 3. The first-order valence-electron chi connectivity index (χ1n) is 11.7. The van der Waals surface area contributed by atoms with Crippen LogP contribution in [0.2, 0.25) is 0 Å². The summed E-state index contributed by atoms with van der Waals surface area (Å²) in [6, 6.07) is 19.8. The van der Waals surface area contributed by atoms with E-state index in [2.05, 4.69) is 11.6 Å². The Balaban J connectivity index is 1.65. The van der Waals surface area contributed by atoms with Crippen LogP contribution < -0.4 is 4.80 Å². The summed E-state index contributed by atoms with van der Waals surface area (Å²) in [5, 5.41) is 0. The molecule has 0 saturated heterocycles. The van der Waals surface area contributed by atoms with Crippen LogP contribution in [0.25, 0.3) is 10.2 Å². The Morgan fingerprint density at radius 2 is 1.66 bits per heavy atom. The Hall–Kier alpha value is -3.38. The van der Waals surface area contributed by atoms with Crippen LogP contribution in [-0.4, -0.2) is 44.4 Å². The van der Waals surface area contributed by atoms with Gasteiger partial charge in [0.1, 0.15) is 0 Å². The predicted octanol–water partition coefficient (Wildman–Crippen LogP) is 4.24. The van der Waals surface area contributed by atoms with E-state index in [4.69, 9.17) is 0 Å². The van der Waals surface area contributed by atoms with Gasteiger partial charge in [0.15, 0.2) is 14.6 Å². The normalized spacial score (nSPS) is 12.8. The lowest BCUT2D eigenvalue weighted by atomic mass is 10.2. The Morgan fingerprint density at radius 1 is 1.00 bits per heavy atom. The largest absolute Gasteiger partial charge is 0.312 e. The van der Waals surface area contributed by atoms with E-state index < -0.39 is 25.8 Å². The van der Waals surface area contributed by atoms with Gasteiger partial charge < -0.3 is 4.57 Å². The SMILES string of the molecule is C=CCn1c(=NC(=O)c2ccc(S(=O)(=O)N(CC)Cc3ccccc3)cc2)sc2cc(S(C)(=O)=O)ccc21. The van der Waals surface area contributed by atoms with Gasteiger partial charge in [-0.05, 0) is 48.0 Å². The maximum atomic E-state index is 13.2. The molecule has 0 aliphatic heterocycles. The summed E-state index contributed by atoms with van der Waals surface area (Å²) in [7, 11) is -7.16. The van der Waals surface area contributed by atoms with Gasteiger partial charge in [0, 0.05) is 31.5 Å². The number of carbonyl (C=O) groups is 1. The first kappa shape index (κ1) is 27.6. The van der Waals surface area contributed by atoms with E-state index in [0.29, 0.717) is 22.6 Å². The molecule has 0 N–H and O–H groups in total. The van der Waals surface area contributed by atoms with Gasteiger partial charge in [-0.1, -0.05) is 54.7 Å². The van der Waals surface area contributed by atoms with Gasteiger partial charge in [-0.25, -0.2) is 16.8 Å². The topological polar surface area (TPSA) is 106 Å². The van der Waals surface area contributed by atoms with E-state index in [1.54, 1.807) is 29.7 Å². The number of hydrogen-bond acceptors (Lipinski definition) is 6. The summed E-state index contributed by atoms with van der Waals surface area (Å²) in [6.45, 7) is 6.44. The second-order valence-electron chi connectivity index (χ2n) is 8.54. The van der Waals surface area contributed by atoms with Crippen molar-refractivity contribution in [3.8, 4) is 0 Å². The molecule has 4 aromatic rings. The van der Waals surface area contributed by atoms with Crippen LogP contribution in [0.1, 0.15) is 22.8 Å². The zero-order valence-electron chi connectivity index (χ0n) is 20.9. The molecule has 198 valence electrons. The van der Waals surface area contributed by atoms with Gasteiger partial charge in [-0.15, -0.1) is 6.58 Å². The van der Waals surface area contributed by atoms with Gasteiger partial charge >= 0.3 is 0 Å². The van der Waals surface area contributed by atoms with Crippen molar-refractivity contribution in [3.05, 3.63) is 101 Å². The Morgan fingerprint density at radius 3 is 2.26 bits per heavy atom. The monoisotopic (exact) mass is 569 g/mol. The van der Waals surface area contributed by atoms with Crippen LogP contribution in [0, 0.1) is 0 Å². The van der Waals surface area contributed by atoms with Gasteiger partial charge in [0.25, 0.3) is 5.91 Å². The number of sulfone groups is 1. The Bertz CT molecular complexity index is 1770. The van der Waals surface area contributed by atoms with E-state index in [1.807, 2.05) is 30.3 Å². The van der Waals surface area contributed by atoms with Gasteiger partial charge in [0.2, 0.25) is 10.0 Å². The highest BCUT2D eigenvalue weighted by atomic mass is 32.2. The predicted molar refractivity (Wildman–Crippen MR) is 149 cm³/mol. The fourth-order valence-electron chi connectivity index (χ4n) is 3.90. The van der Waals surface area contributed by atoms with Crippen molar-refractivity contribution in [2.45, 2.75) is 29.8 Å². The van der Waals surface area contributed by atoms with E-state index in [-0.39, 0.29) is 21.9 Å². The van der Waals surface area contributed by atoms with Crippen molar-refractivity contribution >= 4 is 47.3 Å². The zero-order valence-corrected chi connectivity index (χ0v) is 23.4. The summed E-state index contributed by atoms with van der Waals surface area (Å²) >= 11 is 1.19. The maximum absolute atomic E-state index is 13.2. The number of nitrogens with zero attached hydrogens (tertiary/aromatic N) is 3. The van der Waals surface area contributed by atoms with Crippen LogP contribution in [0.5, 0.6) is 0 Å². The first-order valence-corrected chi connectivity index (χ1v) is 15.9. The standard InChI is InChI=1S/C27H27N3O5S3/c1-4-17-30-24-16-15-23(37(3,32)33)18-25(24)36-27(30)28-26(31)21-11-13-22(14-12-21)38(34,35)29(5-2)19-20-9-7-6-8-10-20/h4,6-16,18H,1,5,17,19H2,2-3H3. The highest BCUT2D eigenvalue weighted by Crippen LogP contribution is 2.23. The van der Waals surface area contributed by atoms with Crippen molar-refractivity contribution in [1.82, 2.24) is 8.87 Å². The molecule has 3 aromatic carbocycles. The smallest absolute Gasteiger partial charge is 0.279 e. The number of allylic oxidation sites excluding steroid dienone is 1. The minimum absolute atomic E-state index is 0.0868. The van der Waals surface area contributed by atoms with Crippen LogP contribution in [-0.2, 0) is 33.0 Å². The first-order chi connectivity index (χ1) is 18.0. The molecule has 0 bridgehead atoms. The quantitative estimate of drug-likeness (QED) is 0.280. The van der Waals surface area contributed by atoms with Crippen molar-refractivity contribution in [2.24, 2.45) is 4.99 Å². The molecule has 0 atom stereocenters. The third-order valence-electron chi connectivity index (χ3n) is 5.88. The van der Waals surface area contributed by atoms with Crippen LogP contribution in [0.15, 0.2) is 100 Å². The summed E-state index contributed by atoms with van der Waals surface area (Å²) in [5.41, 5.74) is 1.84. The molecule has 0 aliphatic rings.